The van der Waals surface area contributed by atoms with Crippen molar-refractivity contribution in [1.82, 2.24) is 15.6 Å². The fraction of sp³-hybridized carbons (Fsp3) is 0.464. The van der Waals surface area contributed by atoms with Gasteiger partial charge in [-0.3, -0.25) is 14.4 Å². The van der Waals surface area contributed by atoms with Crippen LogP contribution in [0.2, 0.25) is 0 Å². The maximum absolute atomic E-state index is 14.6. The lowest BCUT2D eigenvalue weighted by Gasteiger charge is -2.33. The molecule has 6 atom stereocenters. The average Bonchev–Trinajstić information content (AvgIpc) is 2.97. The van der Waals surface area contributed by atoms with Crippen molar-refractivity contribution in [2.75, 3.05) is 0 Å². The molecular formula is C28H30F5N3O8. The van der Waals surface area contributed by atoms with Gasteiger partial charge in [0.25, 0.3) is 5.91 Å². The van der Waals surface area contributed by atoms with Gasteiger partial charge in [-0.1, -0.05) is 13.8 Å². The van der Waals surface area contributed by atoms with E-state index in [0.717, 1.165) is 19.2 Å². The lowest BCUT2D eigenvalue weighted by atomic mass is 9.91. The SMILES string of the molecule is CC(C)CC1OC(=O)[C@H](C)[C@H](O)[C@H](Cc2c(F)c(F)c(F)c(F)c2F)NC(=O)[C@@H](NC(=O)c2ncccc2O)[C@@H](C)OC1=O. The average molecular weight is 632 g/mol. The third kappa shape index (κ3) is 7.41. The second-order valence-electron chi connectivity index (χ2n) is 10.7. The highest BCUT2D eigenvalue weighted by atomic mass is 19.2. The van der Waals surface area contributed by atoms with Crippen molar-refractivity contribution in [2.45, 2.75) is 70.9 Å². The number of rotatable bonds is 6. The molecule has 1 saturated heterocycles. The molecule has 16 heteroatoms. The third-order valence-corrected chi connectivity index (χ3v) is 6.90. The van der Waals surface area contributed by atoms with Gasteiger partial charge >= 0.3 is 11.9 Å². The lowest BCUT2D eigenvalue weighted by Crippen LogP contribution is -2.59. The van der Waals surface area contributed by atoms with E-state index in [4.69, 9.17) is 9.47 Å². The Morgan fingerprint density at radius 1 is 1.00 bits per heavy atom. The molecule has 0 radical (unpaired) electrons. The molecule has 0 saturated carbocycles. The van der Waals surface area contributed by atoms with Gasteiger partial charge < -0.3 is 30.3 Å². The van der Waals surface area contributed by atoms with Crippen LogP contribution in [0.15, 0.2) is 18.3 Å². The van der Waals surface area contributed by atoms with Crippen LogP contribution in [-0.4, -0.2) is 69.3 Å². The molecule has 240 valence electrons. The molecule has 4 N–H and O–H groups in total. The second-order valence-corrected chi connectivity index (χ2v) is 10.7. The Labute approximate surface area is 247 Å². The van der Waals surface area contributed by atoms with Crippen molar-refractivity contribution in [3.63, 3.8) is 0 Å². The van der Waals surface area contributed by atoms with Gasteiger partial charge in [0.1, 0.15) is 17.9 Å². The minimum atomic E-state index is -2.43. The fourth-order valence-electron chi connectivity index (χ4n) is 4.44. The summed E-state index contributed by atoms with van der Waals surface area (Å²) in [7, 11) is 0. The van der Waals surface area contributed by atoms with Crippen LogP contribution in [0, 0.1) is 40.9 Å². The van der Waals surface area contributed by atoms with E-state index in [1.807, 2.05) is 0 Å². The highest BCUT2D eigenvalue weighted by Gasteiger charge is 2.41. The summed E-state index contributed by atoms with van der Waals surface area (Å²) in [5, 5.41) is 25.4. The molecule has 1 fully saturated rings. The highest BCUT2D eigenvalue weighted by molar-refractivity contribution is 5.98. The zero-order valence-corrected chi connectivity index (χ0v) is 23.9. The van der Waals surface area contributed by atoms with Crippen LogP contribution in [0.3, 0.4) is 0 Å². The normalized spacial score (nSPS) is 24.9. The summed E-state index contributed by atoms with van der Waals surface area (Å²) in [5.41, 5.74) is -1.95. The maximum atomic E-state index is 14.6. The Balaban J connectivity index is 2.10. The van der Waals surface area contributed by atoms with Gasteiger partial charge in [0.15, 0.2) is 35.1 Å². The summed E-state index contributed by atoms with van der Waals surface area (Å²) >= 11 is 0. The molecule has 2 amide bonds. The van der Waals surface area contributed by atoms with Gasteiger partial charge in [0.05, 0.1) is 18.1 Å². The van der Waals surface area contributed by atoms with Crippen LogP contribution in [0.25, 0.3) is 0 Å². The molecule has 2 aromatic rings. The minimum Gasteiger partial charge on any atom is -0.505 e. The van der Waals surface area contributed by atoms with Crippen molar-refractivity contribution in [2.24, 2.45) is 11.8 Å². The summed E-state index contributed by atoms with van der Waals surface area (Å²) in [6.07, 6.45) is -5.31. The number of pyridine rings is 1. The van der Waals surface area contributed by atoms with Crippen LogP contribution in [0.5, 0.6) is 5.75 Å². The number of carbonyl (C=O) groups excluding carboxylic acids is 4. The van der Waals surface area contributed by atoms with Gasteiger partial charge in [-0.25, -0.2) is 31.7 Å². The van der Waals surface area contributed by atoms with Crippen LogP contribution in [0.4, 0.5) is 22.0 Å². The molecular weight excluding hydrogens is 601 g/mol. The molecule has 44 heavy (non-hydrogen) atoms. The van der Waals surface area contributed by atoms with Crippen molar-refractivity contribution >= 4 is 23.8 Å². The van der Waals surface area contributed by atoms with E-state index in [0.29, 0.717) is 0 Å². The molecule has 3 rings (SSSR count). The van der Waals surface area contributed by atoms with Crippen molar-refractivity contribution < 1.29 is 60.8 Å². The number of ether oxygens (including phenoxy) is 2. The first-order valence-corrected chi connectivity index (χ1v) is 13.4. The molecule has 1 aliphatic heterocycles. The Kier molecular flexibility index (Phi) is 10.8. The predicted octanol–water partition coefficient (Wildman–Crippen LogP) is 2.21. The number of halogens is 5. The van der Waals surface area contributed by atoms with E-state index in [2.05, 4.69) is 15.6 Å². The Morgan fingerprint density at radius 2 is 1.59 bits per heavy atom. The number of hydrogen-bond acceptors (Lipinski definition) is 9. The van der Waals surface area contributed by atoms with Crippen LogP contribution < -0.4 is 10.6 Å². The predicted molar refractivity (Wildman–Crippen MR) is 139 cm³/mol. The Morgan fingerprint density at radius 3 is 2.16 bits per heavy atom. The first kappa shape index (κ1) is 34.2. The molecule has 11 nitrogen and oxygen atoms in total. The largest absolute Gasteiger partial charge is 0.505 e. The van der Waals surface area contributed by atoms with E-state index < -0.39 is 113 Å². The van der Waals surface area contributed by atoms with Crippen LogP contribution in [0.1, 0.15) is 50.2 Å². The number of aliphatic hydroxyl groups is 1. The Hall–Kier alpha value is -4.34. The van der Waals surface area contributed by atoms with Gasteiger partial charge in [0.2, 0.25) is 11.7 Å². The minimum absolute atomic E-state index is 0.0703. The molecule has 1 unspecified atom stereocenters. The van der Waals surface area contributed by atoms with Crippen molar-refractivity contribution in [3.05, 3.63) is 58.7 Å². The van der Waals surface area contributed by atoms with E-state index in [1.54, 1.807) is 13.8 Å². The molecule has 1 aliphatic rings. The zero-order valence-electron chi connectivity index (χ0n) is 23.9. The van der Waals surface area contributed by atoms with E-state index >= 15 is 0 Å². The van der Waals surface area contributed by atoms with Gasteiger partial charge in [0, 0.05) is 18.2 Å². The first-order valence-electron chi connectivity index (χ1n) is 13.4. The molecule has 0 aliphatic carbocycles. The van der Waals surface area contributed by atoms with Gasteiger partial charge in [-0.05, 0) is 38.3 Å². The molecule has 0 spiro atoms. The van der Waals surface area contributed by atoms with Crippen LogP contribution in [-0.2, 0) is 30.3 Å². The third-order valence-electron chi connectivity index (χ3n) is 6.90. The summed E-state index contributed by atoms with van der Waals surface area (Å²) < 4.78 is 81.4. The monoisotopic (exact) mass is 631 g/mol. The number of amides is 2. The number of carbonyl (C=O) groups is 4. The standard InChI is InChI=1S/C28H30F5N3O8/c1-10(2)8-16-28(42)43-12(4)22(36-26(40)23-15(37)6-5-7-34-23)25(39)35-14(24(38)11(3)27(41)44-16)9-13-17(29)19(31)21(33)20(32)18(13)30/h5-7,10-12,14,16,22,24,37-38H,8-9H2,1-4H3,(H,35,39)(H,36,40)/t11-,12-,14+,16?,22+,24+/m1/s1. The number of aliphatic hydroxyl groups excluding tert-OH is 1. The quantitative estimate of drug-likeness (QED) is 0.162. The molecule has 1 aromatic carbocycles. The number of nitrogens with zero attached hydrogens (tertiary/aromatic N) is 1. The summed E-state index contributed by atoms with van der Waals surface area (Å²) in [5.74, 6) is -18.6. The number of esters is 2. The number of cyclic esters (lactones) is 2. The number of nitrogens with one attached hydrogen (secondary N) is 2. The van der Waals surface area contributed by atoms with Crippen molar-refractivity contribution in [1.29, 1.82) is 0 Å². The maximum Gasteiger partial charge on any atom is 0.347 e. The van der Waals surface area contributed by atoms with E-state index in [-0.39, 0.29) is 12.3 Å². The molecule has 2 heterocycles. The summed E-state index contributed by atoms with van der Waals surface area (Å²) in [6.45, 7) is 5.63. The molecule has 0 bridgehead atoms. The van der Waals surface area contributed by atoms with E-state index in [9.17, 15) is 51.3 Å². The molecule has 1 aromatic heterocycles. The summed E-state index contributed by atoms with van der Waals surface area (Å²) in [6, 6.07) is -1.34. The number of hydrogen-bond donors (Lipinski definition) is 4. The summed E-state index contributed by atoms with van der Waals surface area (Å²) in [4.78, 5) is 56.1. The Bertz CT molecular complexity index is 1410. The smallest absolute Gasteiger partial charge is 0.347 e. The van der Waals surface area contributed by atoms with Gasteiger partial charge in [-0.2, -0.15) is 0 Å². The first-order chi connectivity index (χ1) is 20.5. The van der Waals surface area contributed by atoms with Crippen molar-refractivity contribution in [3.8, 4) is 5.75 Å². The number of aromatic hydroxyl groups is 1. The van der Waals surface area contributed by atoms with Gasteiger partial charge in [-0.15, -0.1) is 0 Å². The topological polar surface area (TPSA) is 164 Å². The second kappa shape index (κ2) is 14.0. The number of aromatic nitrogens is 1. The zero-order chi connectivity index (χ0) is 33.0. The highest BCUT2D eigenvalue weighted by Crippen LogP contribution is 2.26. The lowest BCUT2D eigenvalue weighted by molar-refractivity contribution is -0.178. The number of benzene rings is 1. The van der Waals surface area contributed by atoms with Crippen LogP contribution >= 0.6 is 0 Å². The van der Waals surface area contributed by atoms with E-state index in [1.165, 1.54) is 13.0 Å². The fourth-order valence-corrected chi connectivity index (χ4v) is 4.44.